The Labute approximate surface area is 87.7 Å². The average molecular weight is 218 g/mol. The molecular formula is C10H18O3S. The van der Waals surface area contributed by atoms with Gasteiger partial charge >= 0.3 is 0 Å². The molecule has 0 amide bonds. The molecule has 1 aliphatic heterocycles. The highest BCUT2D eigenvalue weighted by molar-refractivity contribution is 7.85. The van der Waals surface area contributed by atoms with Gasteiger partial charge in [-0.05, 0) is 12.8 Å². The van der Waals surface area contributed by atoms with Crippen molar-refractivity contribution in [3.63, 3.8) is 0 Å². The van der Waals surface area contributed by atoms with E-state index in [1.807, 2.05) is 13.8 Å². The quantitative estimate of drug-likeness (QED) is 0.695. The molecule has 0 saturated carbocycles. The summed E-state index contributed by atoms with van der Waals surface area (Å²) < 4.78 is 16.9. The number of ether oxygens (including phenoxy) is 1. The first kappa shape index (κ1) is 11.9. The lowest BCUT2D eigenvalue weighted by Gasteiger charge is -2.09. The van der Waals surface area contributed by atoms with Gasteiger partial charge in [-0.15, -0.1) is 0 Å². The molecule has 82 valence electrons. The van der Waals surface area contributed by atoms with Crippen molar-refractivity contribution in [3.8, 4) is 0 Å². The Morgan fingerprint density at radius 1 is 1.57 bits per heavy atom. The molecule has 1 aliphatic rings. The summed E-state index contributed by atoms with van der Waals surface area (Å²) in [6.07, 6.45) is 2.16. The van der Waals surface area contributed by atoms with Crippen molar-refractivity contribution >= 4 is 16.6 Å². The molecule has 2 unspecified atom stereocenters. The summed E-state index contributed by atoms with van der Waals surface area (Å²) in [5, 5.41) is 0. The topological polar surface area (TPSA) is 43.4 Å². The fourth-order valence-corrected chi connectivity index (χ4v) is 2.81. The maximum Gasteiger partial charge on any atom is 0.147 e. The number of hydrogen-bond acceptors (Lipinski definition) is 3. The first-order valence-electron chi connectivity index (χ1n) is 5.09. The number of ketones is 1. The summed E-state index contributed by atoms with van der Waals surface area (Å²) in [6.45, 7) is 4.46. The summed E-state index contributed by atoms with van der Waals surface area (Å²) >= 11 is 0. The van der Waals surface area contributed by atoms with Gasteiger partial charge in [-0.2, -0.15) is 0 Å². The van der Waals surface area contributed by atoms with Gasteiger partial charge in [-0.25, -0.2) is 0 Å². The Balaban J connectivity index is 2.24. The van der Waals surface area contributed by atoms with Crippen LogP contribution in [0.1, 0.15) is 26.7 Å². The van der Waals surface area contributed by atoms with Crippen LogP contribution in [0.2, 0.25) is 0 Å². The van der Waals surface area contributed by atoms with E-state index in [1.54, 1.807) is 0 Å². The first-order valence-corrected chi connectivity index (χ1v) is 6.57. The zero-order valence-corrected chi connectivity index (χ0v) is 9.64. The lowest BCUT2D eigenvalue weighted by atomic mass is 10.1. The zero-order chi connectivity index (χ0) is 10.6. The van der Waals surface area contributed by atoms with Crippen molar-refractivity contribution in [2.45, 2.75) is 32.8 Å². The molecule has 0 N–H and O–H groups in total. The standard InChI is InChI=1S/C10H18O3S/c1-8(2)10(11)7-14(12)6-9-4-3-5-13-9/h8-9H,3-7H2,1-2H3. The van der Waals surface area contributed by atoms with E-state index in [1.165, 1.54) is 0 Å². The molecule has 0 radical (unpaired) electrons. The smallest absolute Gasteiger partial charge is 0.147 e. The lowest BCUT2D eigenvalue weighted by molar-refractivity contribution is -0.119. The third kappa shape index (κ3) is 3.88. The zero-order valence-electron chi connectivity index (χ0n) is 8.82. The van der Waals surface area contributed by atoms with E-state index in [4.69, 9.17) is 4.74 Å². The second-order valence-corrected chi connectivity index (χ2v) is 5.51. The van der Waals surface area contributed by atoms with Crippen LogP contribution >= 0.6 is 0 Å². The van der Waals surface area contributed by atoms with Crippen LogP contribution in [0.3, 0.4) is 0 Å². The van der Waals surface area contributed by atoms with Crippen molar-refractivity contribution in [1.82, 2.24) is 0 Å². The number of hydrogen-bond donors (Lipinski definition) is 0. The van der Waals surface area contributed by atoms with Gasteiger partial charge < -0.3 is 4.74 Å². The Morgan fingerprint density at radius 2 is 2.29 bits per heavy atom. The minimum Gasteiger partial charge on any atom is -0.377 e. The third-order valence-corrected chi connectivity index (χ3v) is 3.69. The maximum atomic E-state index is 11.5. The van der Waals surface area contributed by atoms with Gasteiger partial charge in [-0.1, -0.05) is 13.8 Å². The number of carbonyl (C=O) groups excluding carboxylic acids is 1. The summed E-state index contributed by atoms with van der Waals surface area (Å²) in [5.41, 5.74) is 0. The van der Waals surface area contributed by atoms with Gasteiger partial charge in [0.05, 0.1) is 17.6 Å². The molecule has 0 aromatic heterocycles. The second kappa shape index (κ2) is 5.61. The summed E-state index contributed by atoms with van der Waals surface area (Å²) in [6, 6.07) is 0. The predicted octanol–water partition coefficient (Wildman–Crippen LogP) is 1.14. The normalized spacial score (nSPS) is 24.1. The molecule has 3 nitrogen and oxygen atoms in total. The van der Waals surface area contributed by atoms with Crippen molar-refractivity contribution in [3.05, 3.63) is 0 Å². The minimum atomic E-state index is -1.04. The molecule has 4 heteroatoms. The molecule has 1 fully saturated rings. The van der Waals surface area contributed by atoms with Crippen LogP contribution in [-0.2, 0) is 20.3 Å². The highest BCUT2D eigenvalue weighted by atomic mass is 32.2. The van der Waals surface area contributed by atoms with Crippen molar-refractivity contribution < 1.29 is 13.7 Å². The van der Waals surface area contributed by atoms with Crippen LogP contribution in [-0.4, -0.2) is 34.2 Å². The van der Waals surface area contributed by atoms with Gasteiger partial charge in [0, 0.05) is 23.3 Å². The maximum absolute atomic E-state index is 11.5. The monoisotopic (exact) mass is 218 g/mol. The van der Waals surface area contributed by atoms with Crippen LogP contribution in [0.15, 0.2) is 0 Å². The molecule has 0 bridgehead atoms. The average Bonchev–Trinajstić information content (AvgIpc) is 2.56. The number of rotatable bonds is 5. The van der Waals surface area contributed by atoms with E-state index in [-0.39, 0.29) is 23.6 Å². The highest BCUT2D eigenvalue weighted by Crippen LogP contribution is 2.13. The largest absolute Gasteiger partial charge is 0.377 e. The molecule has 0 aliphatic carbocycles. The van der Waals surface area contributed by atoms with E-state index >= 15 is 0 Å². The molecule has 0 aromatic rings. The Hall–Kier alpha value is -0.220. The van der Waals surface area contributed by atoms with Crippen molar-refractivity contribution in [1.29, 1.82) is 0 Å². The summed E-state index contributed by atoms with van der Waals surface area (Å²) in [7, 11) is -1.04. The SMILES string of the molecule is CC(C)C(=O)CS(=O)CC1CCCO1. The van der Waals surface area contributed by atoms with Crippen molar-refractivity contribution in [2.24, 2.45) is 5.92 Å². The van der Waals surface area contributed by atoms with Gasteiger partial charge in [0.25, 0.3) is 0 Å². The van der Waals surface area contributed by atoms with Gasteiger partial charge in [0.2, 0.25) is 0 Å². The van der Waals surface area contributed by atoms with Crippen LogP contribution in [0.5, 0.6) is 0 Å². The van der Waals surface area contributed by atoms with Gasteiger partial charge in [-0.3, -0.25) is 9.00 Å². The van der Waals surface area contributed by atoms with Crippen LogP contribution < -0.4 is 0 Å². The molecular weight excluding hydrogens is 200 g/mol. The highest BCUT2D eigenvalue weighted by Gasteiger charge is 2.20. The molecule has 1 saturated heterocycles. The van der Waals surface area contributed by atoms with E-state index in [0.717, 1.165) is 19.4 Å². The molecule has 1 heterocycles. The third-order valence-electron chi connectivity index (χ3n) is 2.34. The number of Topliss-reactive ketones (excluding diaryl/α,β-unsaturated/α-hetero) is 1. The fourth-order valence-electron chi connectivity index (χ4n) is 1.37. The molecule has 1 rings (SSSR count). The summed E-state index contributed by atoms with van der Waals surface area (Å²) in [5.74, 6) is 0.792. The fraction of sp³-hybridized carbons (Fsp3) is 0.900. The van der Waals surface area contributed by atoms with Crippen LogP contribution in [0.25, 0.3) is 0 Å². The summed E-state index contributed by atoms with van der Waals surface area (Å²) in [4.78, 5) is 11.3. The van der Waals surface area contributed by atoms with Crippen LogP contribution in [0, 0.1) is 5.92 Å². The second-order valence-electron chi connectivity index (χ2n) is 4.01. The van der Waals surface area contributed by atoms with E-state index in [9.17, 15) is 9.00 Å². The van der Waals surface area contributed by atoms with Crippen LogP contribution in [0.4, 0.5) is 0 Å². The van der Waals surface area contributed by atoms with E-state index in [0.29, 0.717) is 5.75 Å². The molecule has 0 spiro atoms. The van der Waals surface area contributed by atoms with E-state index in [2.05, 4.69) is 0 Å². The minimum absolute atomic E-state index is 0.0107. The molecule has 14 heavy (non-hydrogen) atoms. The van der Waals surface area contributed by atoms with Crippen molar-refractivity contribution in [2.75, 3.05) is 18.1 Å². The molecule has 2 atom stereocenters. The number of carbonyl (C=O) groups is 1. The van der Waals surface area contributed by atoms with Gasteiger partial charge in [0.1, 0.15) is 5.78 Å². The lowest BCUT2D eigenvalue weighted by Crippen LogP contribution is -2.23. The van der Waals surface area contributed by atoms with E-state index < -0.39 is 10.8 Å². The Bertz CT molecular complexity index is 219. The first-order chi connectivity index (χ1) is 6.59. The Morgan fingerprint density at radius 3 is 2.79 bits per heavy atom. The Kier molecular flexibility index (Phi) is 4.75. The van der Waals surface area contributed by atoms with Gasteiger partial charge in [0.15, 0.2) is 0 Å². The predicted molar refractivity (Wildman–Crippen MR) is 56.7 cm³/mol. The molecule has 0 aromatic carbocycles.